The third-order valence-electron chi connectivity index (χ3n) is 5.83. The van der Waals surface area contributed by atoms with E-state index in [-0.39, 0.29) is 52.3 Å². The van der Waals surface area contributed by atoms with Crippen molar-refractivity contribution in [1.29, 1.82) is 0 Å². The van der Waals surface area contributed by atoms with Gasteiger partial charge in [0.1, 0.15) is 22.8 Å². The molecule has 0 atom stereocenters. The van der Waals surface area contributed by atoms with E-state index >= 15 is 0 Å². The molecule has 3 aromatic heterocycles. The molecule has 10 nitrogen and oxygen atoms in total. The minimum atomic E-state index is -1.39. The maximum absolute atomic E-state index is 14.3. The van der Waals surface area contributed by atoms with Crippen molar-refractivity contribution < 1.29 is 18.7 Å². The first-order chi connectivity index (χ1) is 18.6. The van der Waals surface area contributed by atoms with Crippen molar-refractivity contribution in [2.45, 2.75) is 13.0 Å². The van der Waals surface area contributed by atoms with Crippen LogP contribution in [0.3, 0.4) is 0 Å². The number of benzene rings is 2. The summed E-state index contributed by atoms with van der Waals surface area (Å²) < 4.78 is 29.7. The first-order valence-electron chi connectivity index (χ1n) is 11.3. The normalized spacial score (nSPS) is 11.2. The summed E-state index contributed by atoms with van der Waals surface area (Å²) >= 11 is 12.2. The fourth-order valence-electron chi connectivity index (χ4n) is 4.04. The van der Waals surface area contributed by atoms with E-state index in [1.165, 1.54) is 16.8 Å². The molecule has 0 saturated heterocycles. The highest BCUT2D eigenvalue weighted by Gasteiger charge is 2.26. The number of nitrogens with zero attached hydrogens (tertiary/aromatic N) is 6. The minimum Gasteiger partial charge on any atom is -0.465 e. The number of hydrogen-bond donors (Lipinski definition) is 3. The van der Waals surface area contributed by atoms with Crippen LogP contribution in [0.4, 0.5) is 30.9 Å². The summed E-state index contributed by atoms with van der Waals surface area (Å²) in [5.74, 6) is -1.83. The molecule has 3 heterocycles. The van der Waals surface area contributed by atoms with Gasteiger partial charge in [-0.25, -0.2) is 18.6 Å². The van der Waals surface area contributed by atoms with Gasteiger partial charge in [0.2, 0.25) is 0 Å². The topological polar surface area (TPSA) is 149 Å². The van der Waals surface area contributed by atoms with E-state index in [4.69, 9.17) is 34.7 Å². The van der Waals surface area contributed by atoms with Gasteiger partial charge in [0, 0.05) is 22.5 Å². The number of amides is 1. The zero-order chi connectivity index (χ0) is 27.8. The van der Waals surface area contributed by atoms with Crippen LogP contribution in [0, 0.1) is 11.6 Å². The molecular formula is C25H18Cl2F2N8O2. The van der Waals surface area contributed by atoms with Crippen molar-refractivity contribution in [2.24, 2.45) is 0 Å². The second-order valence-corrected chi connectivity index (χ2v) is 9.24. The Morgan fingerprint density at radius 2 is 1.74 bits per heavy atom. The molecule has 0 radical (unpaired) electrons. The summed E-state index contributed by atoms with van der Waals surface area (Å²) in [6.07, 6.45) is -0.330. The maximum Gasteiger partial charge on any atom is 0.412 e. The fraction of sp³-hybridized carbons (Fsp3) is 0.0800. The minimum absolute atomic E-state index is 0.0481. The van der Waals surface area contributed by atoms with Crippen molar-refractivity contribution in [1.82, 2.24) is 24.7 Å². The van der Waals surface area contributed by atoms with Crippen LogP contribution < -0.4 is 16.4 Å². The average Bonchev–Trinajstić information content (AvgIpc) is 3.22. The molecule has 0 saturated carbocycles. The Kier molecular flexibility index (Phi) is 6.89. The molecule has 0 spiro atoms. The largest absolute Gasteiger partial charge is 0.465 e. The van der Waals surface area contributed by atoms with Crippen molar-refractivity contribution in [3.63, 3.8) is 0 Å². The Bertz CT molecular complexity index is 1720. The maximum atomic E-state index is 14.3. The van der Waals surface area contributed by atoms with E-state index in [0.717, 1.165) is 17.2 Å². The van der Waals surface area contributed by atoms with Crippen LogP contribution in [0.5, 0.6) is 0 Å². The fourth-order valence-corrected chi connectivity index (χ4v) is 4.51. The Morgan fingerprint density at radius 1 is 1.03 bits per heavy atom. The molecule has 1 amide bonds. The summed E-state index contributed by atoms with van der Waals surface area (Å²) in [7, 11) is 0. The molecule has 5 N–H and O–H groups in total. The smallest absolute Gasteiger partial charge is 0.412 e. The first-order valence-corrected chi connectivity index (χ1v) is 12.0. The lowest BCUT2D eigenvalue weighted by Gasteiger charge is -2.22. The molecule has 5 aromatic rings. The van der Waals surface area contributed by atoms with Crippen molar-refractivity contribution in [3.8, 4) is 5.95 Å². The van der Waals surface area contributed by atoms with Gasteiger partial charge in [0.05, 0.1) is 24.0 Å². The molecule has 39 heavy (non-hydrogen) atoms. The predicted molar refractivity (Wildman–Crippen MR) is 143 cm³/mol. The monoisotopic (exact) mass is 570 g/mol. The second-order valence-electron chi connectivity index (χ2n) is 8.40. The number of anilines is 3. The van der Waals surface area contributed by atoms with Crippen molar-refractivity contribution >= 4 is 57.7 Å². The standard InChI is InChI=1S/C25H18Cl2F2N8O2/c26-14-6-5-13(16(27)8-14)11-36(25(38)39)21-22(30)33-24(34-23(21)31)37-19-9-15(28)10-32-20(19)18(35-37)7-12-3-1-2-4-17(12)29/h1-6,8-10H,7,11H2,(H,38,39)(H4,30,31,33,34). The molecule has 0 aliphatic rings. The van der Waals surface area contributed by atoms with Crippen molar-refractivity contribution in [3.05, 3.63) is 93.2 Å². The van der Waals surface area contributed by atoms with Gasteiger partial charge in [-0.3, -0.25) is 4.90 Å². The first kappa shape index (κ1) is 26.1. The van der Waals surface area contributed by atoms with Crippen LogP contribution in [0.25, 0.3) is 17.0 Å². The van der Waals surface area contributed by atoms with Crippen LogP contribution in [-0.4, -0.2) is 35.9 Å². The predicted octanol–water partition coefficient (Wildman–Crippen LogP) is 5.24. The number of nitrogens with two attached hydrogens (primary N) is 2. The summed E-state index contributed by atoms with van der Waals surface area (Å²) in [4.78, 5) is 25.5. The highest BCUT2D eigenvalue weighted by molar-refractivity contribution is 6.35. The van der Waals surface area contributed by atoms with Gasteiger partial charge in [-0.05, 0) is 29.3 Å². The van der Waals surface area contributed by atoms with E-state index in [0.29, 0.717) is 21.8 Å². The number of halogens is 4. The van der Waals surface area contributed by atoms with Gasteiger partial charge in [-0.1, -0.05) is 47.5 Å². The zero-order valence-electron chi connectivity index (χ0n) is 19.8. The van der Waals surface area contributed by atoms with Gasteiger partial charge >= 0.3 is 6.09 Å². The molecule has 2 aromatic carbocycles. The van der Waals surface area contributed by atoms with Crippen LogP contribution in [0.1, 0.15) is 16.8 Å². The Morgan fingerprint density at radius 3 is 2.41 bits per heavy atom. The van der Waals surface area contributed by atoms with Crippen LogP contribution >= 0.6 is 23.2 Å². The summed E-state index contributed by atoms with van der Waals surface area (Å²) in [5, 5.41) is 15.0. The number of carbonyl (C=O) groups is 1. The second kappa shape index (κ2) is 10.3. The molecule has 5 rings (SSSR count). The molecular weight excluding hydrogens is 553 g/mol. The lowest BCUT2D eigenvalue weighted by atomic mass is 10.1. The summed E-state index contributed by atoms with van der Waals surface area (Å²) in [6, 6.07) is 11.9. The highest BCUT2D eigenvalue weighted by Crippen LogP contribution is 2.33. The molecule has 0 fully saturated rings. The van der Waals surface area contributed by atoms with Gasteiger partial charge in [-0.2, -0.15) is 19.7 Å². The molecule has 0 unspecified atom stereocenters. The number of rotatable bonds is 6. The van der Waals surface area contributed by atoms with E-state index in [9.17, 15) is 18.7 Å². The zero-order valence-corrected chi connectivity index (χ0v) is 21.3. The molecule has 14 heteroatoms. The lowest BCUT2D eigenvalue weighted by molar-refractivity contribution is 0.201. The Balaban J connectivity index is 1.59. The van der Waals surface area contributed by atoms with E-state index < -0.39 is 17.7 Å². The van der Waals surface area contributed by atoms with E-state index in [1.54, 1.807) is 30.3 Å². The van der Waals surface area contributed by atoms with Gasteiger partial charge < -0.3 is 16.6 Å². The van der Waals surface area contributed by atoms with Crippen LogP contribution in [-0.2, 0) is 13.0 Å². The molecule has 0 bridgehead atoms. The van der Waals surface area contributed by atoms with Crippen molar-refractivity contribution in [2.75, 3.05) is 16.4 Å². The number of hydrogen-bond acceptors (Lipinski definition) is 7. The van der Waals surface area contributed by atoms with Crippen LogP contribution in [0.15, 0.2) is 54.7 Å². The summed E-state index contributed by atoms with van der Waals surface area (Å²) in [5.41, 5.74) is 13.7. The quantitative estimate of drug-likeness (QED) is 0.251. The Hall–Kier alpha value is -4.55. The average molecular weight is 571 g/mol. The van der Waals surface area contributed by atoms with Gasteiger partial charge in [-0.15, -0.1) is 0 Å². The number of pyridine rings is 1. The van der Waals surface area contributed by atoms with Gasteiger partial charge in [0.15, 0.2) is 11.6 Å². The van der Waals surface area contributed by atoms with Crippen LogP contribution in [0.2, 0.25) is 10.0 Å². The number of nitrogen functional groups attached to an aromatic ring is 2. The number of carboxylic acid groups (broad SMARTS) is 1. The lowest BCUT2D eigenvalue weighted by Crippen LogP contribution is -2.31. The number of aromatic nitrogens is 5. The molecule has 0 aliphatic heterocycles. The van der Waals surface area contributed by atoms with E-state index in [2.05, 4.69) is 20.1 Å². The Labute approximate surface area is 229 Å². The molecule has 0 aliphatic carbocycles. The number of fused-ring (bicyclic) bond motifs is 1. The highest BCUT2D eigenvalue weighted by atomic mass is 35.5. The third-order valence-corrected chi connectivity index (χ3v) is 6.42. The molecule has 198 valence electrons. The summed E-state index contributed by atoms with van der Waals surface area (Å²) in [6.45, 7) is -0.227. The third kappa shape index (κ3) is 5.11. The van der Waals surface area contributed by atoms with E-state index in [1.807, 2.05) is 0 Å². The SMILES string of the molecule is Nc1nc(-n2nc(Cc3ccccc3F)c3ncc(F)cc32)nc(N)c1N(Cc1ccc(Cl)cc1Cl)C(=O)O. The van der Waals surface area contributed by atoms with Gasteiger partial charge in [0.25, 0.3) is 5.95 Å².